The highest BCUT2D eigenvalue weighted by Crippen LogP contribution is 2.17. The van der Waals surface area contributed by atoms with Crippen LogP contribution in [-0.2, 0) is 13.1 Å². The van der Waals surface area contributed by atoms with Gasteiger partial charge >= 0.3 is 0 Å². The summed E-state index contributed by atoms with van der Waals surface area (Å²) in [5.41, 5.74) is 1.82. The highest BCUT2D eigenvalue weighted by molar-refractivity contribution is 9.10. The minimum absolute atomic E-state index is 0.239. The van der Waals surface area contributed by atoms with Gasteiger partial charge in [0.1, 0.15) is 12.1 Å². The van der Waals surface area contributed by atoms with E-state index in [1.54, 1.807) is 19.4 Å². The summed E-state index contributed by atoms with van der Waals surface area (Å²) in [7, 11) is 1.77. The van der Waals surface area contributed by atoms with E-state index in [9.17, 15) is 4.39 Å². The van der Waals surface area contributed by atoms with E-state index in [4.69, 9.17) is 4.52 Å². The molecule has 1 aromatic carbocycles. The second-order valence-corrected chi connectivity index (χ2v) is 6.74. The number of guanidine groups is 1. The van der Waals surface area contributed by atoms with Crippen LogP contribution in [0.4, 0.5) is 4.39 Å². The van der Waals surface area contributed by atoms with Gasteiger partial charge < -0.3 is 14.7 Å². The molecule has 0 saturated carbocycles. The van der Waals surface area contributed by atoms with E-state index in [1.807, 2.05) is 6.07 Å². The van der Waals surface area contributed by atoms with Crippen molar-refractivity contribution in [1.82, 2.24) is 20.3 Å². The van der Waals surface area contributed by atoms with Crippen molar-refractivity contribution in [3.63, 3.8) is 0 Å². The Hall–Kier alpha value is -1.93. The molecule has 0 aliphatic carbocycles. The molecule has 25 heavy (non-hydrogen) atoms. The zero-order valence-electron chi connectivity index (χ0n) is 14.1. The van der Waals surface area contributed by atoms with Crippen LogP contribution in [0, 0.1) is 5.82 Å². The molecular formula is C17H21BrFN5O. The predicted octanol–water partition coefficient (Wildman–Crippen LogP) is 2.47. The molecule has 3 rings (SSSR count). The van der Waals surface area contributed by atoms with Crippen molar-refractivity contribution < 1.29 is 8.91 Å². The molecule has 1 aliphatic rings. The Morgan fingerprint density at radius 3 is 2.80 bits per heavy atom. The molecule has 8 heteroatoms. The lowest BCUT2D eigenvalue weighted by Gasteiger charge is -2.36. The van der Waals surface area contributed by atoms with Gasteiger partial charge in [0.15, 0.2) is 5.96 Å². The van der Waals surface area contributed by atoms with E-state index in [2.05, 4.69) is 41.2 Å². The number of aliphatic imine (C=N–C) groups is 1. The van der Waals surface area contributed by atoms with Crippen LogP contribution in [0.3, 0.4) is 0 Å². The van der Waals surface area contributed by atoms with Gasteiger partial charge in [0.25, 0.3) is 0 Å². The predicted molar refractivity (Wildman–Crippen MR) is 97.7 cm³/mol. The molecule has 2 aromatic rings. The van der Waals surface area contributed by atoms with Crippen LogP contribution in [0.1, 0.15) is 11.3 Å². The number of hydrogen-bond donors (Lipinski definition) is 1. The number of benzene rings is 1. The van der Waals surface area contributed by atoms with Crippen molar-refractivity contribution in [2.24, 2.45) is 4.99 Å². The SMILES string of the molecule is CN=C(NCc1cc(F)ccc1Br)N1CCN(Cc2ccon2)CC1. The van der Waals surface area contributed by atoms with Gasteiger partial charge in [0.2, 0.25) is 0 Å². The molecule has 6 nitrogen and oxygen atoms in total. The van der Waals surface area contributed by atoms with Crippen LogP contribution in [0.2, 0.25) is 0 Å². The smallest absolute Gasteiger partial charge is 0.194 e. The standard InChI is InChI=1S/C17H21BrFN5O/c1-20-17(21-11-13-10-14(19)2-3-16(13)18)24-7-5-23(6-8-24)12-15-4-9-25-22-15/h2-4,9-10H,5-8,11-12H2,1H3,(H,20,21). The number of piperazine rings is 1. The molecule has 1 aromatic heterocycles. The van der Waals surface area contributed by atoms with Crippen LogP contribution in [0.5, 0.6) is 0 Å². The molecule has 1 fully saturated rings. The van der Waals surface area contributed by atoms with Crippen molar-refractivity contribution in [2.45, 2.75) is 13.1 Å². The lowest BCUT2D eigenvalue weighted by atomic mass is 10.2. The summed E-state index contributed by atoms with van der Waals surface area (Å²) in [6, 6.07) is 6.58. The highest BCUT2D eigenvalue weighted by atomic mass is 79.9. The Morgan fingerprint density at radius 1 is 1.32 bits per heavy atom. The van der Waals surface area contributed by atoms with Gasteiger partial charge in [0.05, 0.1) is 5.69 Å². The summed E-state index contributed by atoms with van der Waals surface area (Å²) in [5, 5.41) is 7.27. The molecule has 0 atom stereocenters. The fourth-order valence-electron chi connectivity index (χ4n) is 2.85. The van der Waals surface area contributed by atoms with Gasteiger partial charge in [-0.25, -0.2) is 4.39 Å². The van der Waals surface area contributed by atoms with Crippen LogP contribution < -0.4 is 5.32 Å². The van der Waals surface area contributed by atoms with E-state index >= 15 is 0 Å². The van der Waals surface area contributed by atoms with Crippen LogP contribution in [0.25, 0.3) is 0 Å². The molecule has 2 heterocycles. The summed E-state index contributed by atoms with van der Waals surface area (Å²) in [5.74, 6) is 0.591. The van der Waals surface area contributed by atoms with E-state index in [0.29, 0.717) is 6.54 Å². The normalized spacial score (nSPS) is 16.3. The maximum Gasteiger partial charge on any atom is 0.194 e. The average Bonchev–Trinajstić information content (AvgIpc) is 3.12. The summed E-state index contributed by atoms with van der Waals surface area (Å²) in [6.45, 7) is 4.93. The highest BCUT2D eigenvalue weighted by Gasteiger charge is 2.20. The van der Waals surface area contributed by atoms with Gasteiger partial charge in [-0.2, -0.15) is 0 Å². The summed E-state index contributed by atoms with van der Waals surface area (Å²) >= 11 is 3.45. The molecule has 0 spiro atoms. The van der Waals surface area contributed by atoms with Crippen molar-refractivity contribution in [3.8, 4) is 0 Å². The lowest BCUT2D eigenvalue weighted by Crippen LogP contribution is -2.52. The third kappa shape index (κ3) is 4.79. The Morgan fingerprint density at radius 2 is 2.12 bits per heavy atom. The first-order chi connectivity index (χ1) is 12.2. The van der Waals surface area contributed by atoms with E-state index in [-0.39, 0.29) is 5.82 Å². The molecule has 1 saturated heterocycles. The maximum atomic E-state index is 13.4. The molecule has 1 aliphatic heterocycles. The van der Waals surface area contributed by atoms with Crippen LogP contribution in [0.15, 0.2) is 44.5 Å². The number of rotatable bonds is 4. The monoisotopic (exact) mass is 409 g/mol. The van der Waals surface area contributed by atoms with Crippen molar-refractivity contribution in [3.05, 3.63) is 52.1 Å². The number of halogens is 2. The molecule has 0 bridgehead atoms. The zero-order chi connectivity index (χ0) is 17.6. The Bertz CT molecular complexity index is 714. The molecule has 134 valence electrons. The van der Waals surface area contributed by atoms with E-state index < -0.39 is 0 Å². The summed E-state index contributed by atoms with van der Waals surface area (Å²) in [4.78, 5) is 8.91. The van der Waals surface area contributed by atoms with E-state index in [0.717, 1.165) is 54.4 Å². The van der Waals surface area contributed by atoms with Gasteiger partial charge in [-0.15, -0.1) is 0 Å². The first-order valence-corrected chi connectivity index (χ1v) is 8.96. The Labute approximate surface area is 154 Å². The largest absolute Gasteiger partial charge is 0.364 e. The molecule has 0 radical (unpaired) electrons. The zero-order valence-corrected chi connectivity index (χ0v) is 15.7. The van der Waals surface area contributed by atoms with Crippen molar-refractivity contribution in [1.29, 1.82) is 0 Å². The number of nitrogens with one attached hydrogen (secondary N) is 1. The van der Waals surface area contributed by atoms with Crippen molar-refractivity contribution in [2.75, 3.05) is 33.2 Å². The molecular weight excluding hydrogens is 389 g/mol. The minimum atomic E-state index is -0.239. The molecule has 1 N–H and O–H groups in total. The third-order valence-electron chi connectivity index (χ3n) is 4.21. The number of hydrogen-bond acceptors (Lipinski definition) is 4. The number of nitrogens with zero attached hydrogens (tertiary/aromatic N) is 4. The summed E-state index contributed by atoms with van der Waals surface area (Å²) in [6.07, 6.45) is 1.60. The second kappa shape index (κ2) is 8.44. The minimum Gasteiger partial charge on any atom is -0.364 e. The van der Waals surface area contributed by atoms with Crippen molar-refractivity contribution >= 4 is 21.9 Å². The average molecular weight is 410 g/mol. The Kier molecular flexibility index (Phi) is 6.04. The lowest BCUT2D eigenvalue weighted by molar-refractivity contribution is 0.169. The van der Waals surface area contributed by atoms with E-state index in [1.165, 1.54) is 12.1 Å². The first kappa shape index (κ1) is 17.9. The third-order valence-corrected chi connectivity index (χ3v) is 4.98. The van der Waals surface area contributed by atoms with Gasteiger partial charge in [-0.1, -0.05) is 21.1 Å². The first-order valence-electron chi connectivity index (χ1n) is 8.17. The van der Waals surface area contributed by atoms with Gasteiger partial charge in [-0.3, -0.25) is 9.89 Å². The topological polar surface area (TPSA) is 56.9 Å². The van der Waals surface area contributed by atoms with Gasteiger partial charge in [0, 0.05) is 56.9 Å². The fourth-order valence-corrected chi connectivity index (χ4v) is 3.24. The molecule has 0 amide bonds. The number of aromatic nitrogens is 1. The van der Waals surface area contributed by atoms with Gasteiger partial charge in [-0.05, 0) is 23.8 Å². The molecule has 0 unspecified atom stereocenters. The van der Waals surface area contributed by atoms with Crippen LogP contribution in [-0.4, -0.2) is 54.1 Å². The quantitative estimate of drug-likeness (QED) is 0.620. The second-order valence-electron chi connectivity index (χ2n) is 5.89. The fraction of sp³-hybridized carbons (Fsp3) is 0.412. The summed E-state index contributed by atoms with van der Waals surface area (Å²) < 4.78 is 19.2. The van der Waals surface area contributed by atoms with Crippen LogP contribution >= 0.6 is 15.9 Å². The Balaban J connectivity index is 1.51. The maximum absolute atomic E-state index is 13.4.